The van der Waals surface area contributed by atoms with Crippen LogP contribution in [0.3, 0.4) is 0 Å². The highest BCUT2D eigenvalue weighted by atomic mass is 32.2. The van der Waals surface area contributed by atoms with Crippen LogP contribution in [0.5, 0.6) is 0 Å². The van der Waals surface area contributed by atoms with E-state index in [-0.39, 0.29) is 18.8 Å². The Kier molecular flexibility index (Phi) is 7.64. The number of Topliss-reactive ketones (excluding diaryl/α,β-unsaturated/α-hetero) is 1. The van der Waals surface area contributed by atoms with Crippen LogP contribution in [-0.4, -0.2) is 37.4 Å². The highest BCUT2D eigenvalue weighted by Crippen LogP contribution is 2.43. The minimum atomic E-state index is -1.19. The zero-order valence-corrected chi connectivity index (χ0v) is 20.7. The van der Waals surface area contributed by atoms with Crippen LogP contribution in [0.25, 0.3) is 32.0 Å². The first-order valence-electron chi connectivity index (χ1n) is 10.8. The van der Waals surface area contributed by atoms with E-state index >= 15 is 0 Å². The molecule has 172 valence electrons. The second-order valence-corrected chi connectivity index (χ2v) is 11.3. The Balaban J connectivity index is 1.88. The van der Waals surface area contributed by atoms with E-state index in [2.05, 4.69) is 11.9 Å². The predicted molar refractivity (Wildman–Crippen MR) is 137 cm³/mol. The number of hydrogen-bond acceptors (Lipinski definition) is 8. The zero-order valence-electron chi connectivity index (χ0n) is 18.2. The van der Waals surface area contributed by atoms with Crippen molar-refractivity contribution in [3.05, 3.63) is 47.5 Å². The Hall–Kier alpha value is -2.46. The van der Waals surface area contributed by atoms with E-state index in [1.54, 1.807) is 12.3 Å². The van der Waals surface area contributed by atoms with Crippen molar-refractivity contribution in [1.29, 1.82) is 0 Å². The van der Waals surface area contributed by atoms with Gasteiger partial charge in [0.25, 0.3) is 0 Å². The average Bonchev–Trinajstić information content (AvgIpc) is 3.49. The molecule has 0 bridgehead atoms. The van der Waals surface area contributed by atoms with Crippen molar-refractivity contribution in [3.63, 3.8) is 0 Å². The summed E-state index contributed by atoms with van der Waals surface area (Å²) < 4.78 is 13.6. The first kappa shape index (κ1) is 23.7. The van der Waals surface area contributed by atoms with Crippen molar-refractivity contribution in [3.8, 4) is 21.8 Å². The molecule has 0 amide bonds. The Morgan fingerprint density at radius 2 is 2.09 bits per heavy atom. The van der Waals surface area contributed by atoms with E-state index in [0.29, 0.717) is 32.5 Å². The number of benzene rings is 1. The maximum Gasteiger partial charge on any atom is 0.162 e. The molecule has 3 heterocycles. The molecule has 1 atom stereocenters. The Morgan fingerprint density at radius 1 is 1.24 bits per heavy atom. The van der Waals surface area contributed by atoms with Gasteiger partial charge in [-0.05, 0) is 36.1 Å². The minimum absolute atomic E-state index is 0.0169. The summed E-state index contributed by atoms with van der Waals surface area (Å²) in [5, 5.41) is 12.5. The largest absolute Gasteiger partial charge is 0.396 e. The number of aromatic nitrogens is 2. The van der Waals surface area contributed by atoms with Crippen LogP contribution in [0.4, 0.5) is 5.69 Å². The molecule has 6 nitrogen and oxygen atoms in total. The van der Waals surface area contributed by atoms with Crippen LogP contribution in [0.15, 0.2) is 46.1 Å². The topological polar surface area (TPSA) is 106 Å². The van der Waals surface area contributed by atoms with Gasteiger partial charge in [0, 0.05) is 41.3 Å². The fourth-order valence-electron chi connectivity index (χ4n) is 3.57. The van der Waals surface area contributed by atoms with Gasteiger partial charge in [0.15, 0.2) is 5.78 Å². The van der Waals surface area contributed by atoms with Crippen molar-refractivity contribution < 1.29 is 14.1 Å². The number of rotatable bonds is 10. The Morgan fingerprint density at radius 3 is 2.82 bits per heavy atom. The molecule has 0 aliphatic carbocycles. The quantitative estimate of drug-likeness (QED) is 0.278. The monoisotopic (exact) mass is 499 g/mol. The van der Waals surface area contributed by atoms with Crippen molar-refractivity contribution in [2.45, 2.75) is 36.8 Å². The lowest BCUT2D eigenvalue weighted by Crippen LogP contribution is -2.01. The van der Waals surface area contributed by atoms with Crippen molar-refractivity contribution >= 4 is 55.2 Å². The predicted octanol–water partition coefficient (Wildman–Crippen LogP) is 5.53. The molecule has 0 spiro atoms. The number of carbonyl (C=O) groups is 1. The molecule has 4 rings (SSSR count). The highest BCUT2D eigenvalue weighted by molar-refractivity contribution is 7.87. The number of pyridine rings is 1. The zero-order chi connectivity index (χ0) is 23.4. The fraction of sp³-hybridized carbons (Fsp3) is 0.292. The molecule has 33 heavy (non-hydrogen) atoms. The van der Waals surface area contributed by atoms with Gasteiger partial charge in [-0.1, -0.05) is 31.5 Å². The number of thiazole rings is 1. The van der Waals surface area contributed by atoms with Crippen LogP contribution < -0.4 is 5.73 Å². The molecule has 3 N–H and O–H groups in total. The van der Waals surface area contributed by atoms with Crippen LogP contribution in [0.1, 0.15) is 43.0 Å². The standard InChI is InChI=1S/C24H25N3O3S3/c1-2-3-12-33(30)24-21(25)20-17(14-18(27-23(20)32-24)22-26-9-11-31-22)15-6-4-7-16(13-15)19(29)8-5-10-28/h4,6-7,9,11,13-14,28H,2-3,5,8,10,12,25H2,1H3. The number of ketones is 1. The Bertz CT molecular complexity index is 1300. The fourth-order valence-corrected chi connectivity index (χ4v) is 6.96. The van der Waals surface area contributed by atoms with Crippen LogP contribution in [0, 0.1) is 0 Å². The highest BCUT2D eigenvalue weighted by Gasteiger charge is 2.21. The van der Waals surface area contributed by atoms with Crippen LogP contribution in [-0.2, 0) is 10.8 Å². The van der Waals surface area contributed by atoms with Gasteiger partial charge in [-0.3, -0.25) is 9.00 Å². The van der Waals surface area contributed by atoms with E-state index in [1.165, 1.54) is 22.7 Å². The third kappa shape index (κ3) is 5.06. The van der Waals surface area contributed by atoms with Gasteiger partial charge >= 0.3 is 0 Å². The molecule has 0 radical (unpaired) electrons. The molecule has 1 aromatic carbocycles. The number of aliphatic hydroxyl groups excluding tert-OH is 1. The summed E-state index contributed by atoms with van der Waals surface area (Å²) in [7, 11) is -1.19. The van der Waals surface area contributed by atoms with Crippen molar-refractivity contribution in [1.82, 2.24) is 9.97 Å². The lowest BCUT2D eigenvalue weighted by Gasteiger charge is -2.09. The van der Waals surface area contributed by atoms with Gasteiger partial charge < -0.3 is 10.8 Å². The lowest BCUT2D eigenvalue weighted by atomic mass is 9.97. The van der Waals surface area contributed by atoms with Gasteiger partial charge in [-0.2, -0.15) is 0 Å². The SMILES string of the molecule is CCCCS(=O)c1sc2nc(-c3nccs3)cc(-c3cccc(C(=O)CCCO)c3)c2c1N. The molecule has 0 saturated heterocycles. The molecule has 0 saturated carbocycles. The maximum atomic E-state index is 12.9. The number of aliphatic hydroxyl groups is 1. The van der Waals surface area contributed by atoms with E-state index in [9.17, 15) is 9.00 Å². The summed E-state index contributed by atoms with van der Waals surface area (Å²) in [4.78, 5) is 22.5. The number of thiophene rings is 1. The molecule has 3 aromatic heterocycles. The number of carbonyl (C=O) groups excluding carboxylic acids is 1. The summed E-state index contributed by atoms with van der Waals surface area (Å²) in [6.45, 7) is 2.05. The normalized spacial score (nSPS) is 12.3. The van der Waals surface area contributed by atoms with E-state index < -0.39 is 10.8 Å². The Labute approximate surface area is 203 Å². The van der Waals surface area contributed by atoms with Crippen LogP contribution >= 0.6 is 22.7 Å². The molecule has 1 unspecified atom stereocenters. The number of anilines is 1. The van der Waals surface area contributed by atoms with Gasteiger partial charge in [-0.15, -0.1) is 22.7 Å². The van der Waals surface area contributed by atoms with Crippen molar-refractivity contribution in [2.24, 2.45) is 0 Å². The first-order chi connectivity index (χ1) is 16.0. The summed E-state index contributed by atoms with van der Waals surface area (Å²) in [6.07, 6.45) is 4.28. The summed E-state index contributed by atoms with van der Waals surface area (Å²) in [5.74, 6) is 0.549. The van der Waals surface area contributed by atoms with Crippen molar-refractivity contribution in [2.75, 3.05) is 18.1 Å². The van der Waals surface area contributed by atoms with Gasteiger partial charge in [0.05, 0.1) is 16.5 Å². The number of nitrogens with zero attached hydrogens (tertiary/aromatic N) is 2. The van der Waals surface area contributed by atoms with Gasteiger partial charge in [-0.25, -0.2) is 9.97 Å². The maximum absolute atomic E-state index is 12.9. The number of nitrogens with two attached hydrogens (primary N) is 1. The van der Waals surface area contributed by atoms with Gasteiger partial charge in [0.2, 0.25) is 0 Å². The smallest absolute Gasteiger partial charge is 0.162 e. The molecule has 0 fully saturated rings. The molecule has 0 aliphatic heterocycles. The van der Waals surface area contributed by atoms with E-state index in [1.807, 2.05) is 29.6 Å². The number of unbranched alkanes of at least 4 members (excludes halogenated alkanes) is 1. The number of hydrogen-bond donors (Lipinski definition) is 2. The van der Waals surface area contributed by atoms with Gasteiger partial charge in [0.1, 0.15) is 19.7 Å². The first-order valence-corrected chi connectivity index (χ1v) is 13.8. The third-order valence-electron chi connectivity index (χ3n) is 5.26. The number of nitrogen functional groups attached to an aromatic ring is 1. The second kappa shape index (κ2) is 10.6. The second-order valence-electron chi connectivity index (χ2n) is 7.61. The molecule has 0 aliphatic rings. The summed E-state index contributed by atoms with van der Waals surface area (Å²) >= 11 is 2.87. The lowest BCUT2D eigenvalue weighted by molar-refractivity contribution is 0.0971. The molecule has 4 aromatic rings. The van der Waals surface area contributed by atoms with E-state index in [0.717, 1.165) is 40.1 Å². The molecular weight excluding hydrogens is 474 g/mol. The third-order valence-corrected chi connectivity index (χ3v) is 9.05. The minimum Gasteiger partial charge on any atom is -0.396 e. The van der Waals surface area contributed by atoms with E-state index in [4.69, 9.17) is 15.8 Å². The number of fused-ring (bicyclic) bond motifs is 1. The molecular formula is C24H25N3O3S3. The average molecular weight is 500 g/mol. The summed E-state index contributed by atoms with van der Waals surface area (Å²) in [5.41, 5.74) is 10.0. The summed E-state index contributed by atoms with van der Waals surface area (Å²) in [6, 6.07) is 9.37. The molecule has 9 heteroatoms. The van der Waals surface area contributed by atoms with Crippen LogP contribution in [0.2, 0.25) is 0 Å².